The molecule has 0 aliphatic heterocycles. The fraction of sp³-hybridized carbons (Fsp3) is 0.100. The van der Waals surface area contributed by atoms with Crippen molar-refractivity contribution in [2.75, 3.05) is 0 Å². The van der Waals surface area contributed by atoms with E-state index >= 15 is 0 Å². The number of rotatable bonds is 1. The Morgan fingerprint density at radius 2 is 2.06 bits per heavy atom. The minimum absolute atomic E-state index is 0.0850. The van der Waals surface area contributed by atoms with Crippen molar-refractivity contribution < 1.29 is 10.2 Å². The number of benzene rings is 1. The lowest BCUT2D eigenvalue weighted by Crippen LogP contribution is -2.03. The van der Waals surface area contributed by atoms with Crippen molar-refractivity contribution >= 4 is 22.5 Å². The van der Waals surface area contributed by atoms with Crippen molar-refractivity contribution in [1.82, 2.24) is 4.57 Å². The first kappa shape index (κ1) is 10.9. The number of hydrogen-bond acceptors (Lipinski definition) is 4. The van der Waals surface area contributed by atoms with Gasteiger partial charge in [0.15, 0.2) is 0 Å². The average Bonchev–Trinajstić information content (AvgIpc) is 2.51. The fourth-order valence-corrected chi connectivity index (χ4v) is 1.57. The lowest BCUT2D eigenvalue weighted by Gasteiger charge is -2.00. The van der Waals surface area contributed by atoms with Gasteiger partial charge in [0.2, 0.25) is 5.96 Å². The molecule has 7 nitrogen and oxygen atoms in total. The molecule has 1 aromatic heterocycles. The van der Waals surface area contributed by atoms with Crippen molar-refractivity contribution in [3.63, 3.8) is 0 Å². The maximum absolute atomic E-state index is 9.70. The zero-order chi connectivity index (χ0) is 12.6. The Kier molecular flexibility index (Phi) is 2.43. The highest BCUT2D eigenvalue weighted by molar-refractivity contribution is 5.91. The number of nitrogens with one attached hydrogen (secondary N) is 1. The number of phenols is 1. The summed E-state index contributed by atoms with van der Waals surface area (Å²) in [7, 11) is 1.75. The Bertz CT molecular complexity index is 629. The highest BCUT2D eigenvalue weighted by Crippen LogP contribution is 2.36. The Morgan fingerprint density at radius 1 is 1.35 bits per heavy atom. The van der Waals surface area contributed by atoms with Crippen molar-refractivity contribution in [3.8, 4) is 11.5 Å². The van der Waals surface area contributed by atoms with E-state index in [2.05, 4.69) is 10.2 Å². The number of hydrogen-bond donors (Lipinski definition) is 4. The molecule has 0 saturated carbocycles. The van der Waals surface area contributed by atoms with Crippen LogP contribution in [0.4, 0.5) is 5.69 Å². The van der Waals surface area contributed by atoms with Gasteiger partial charge in [-0.25, -0.2) is 0 Å². The molecule has 0 bridgehead atoms. The van der Waals surface area contributed by atoms with E-state index in [1.54, 1.807) is 11.6 Å². The number of fused-ring (bicyclic) bond motifs is 1. The molecule has 88 valence electrons. The van der Waals surface area contributed by atoms with Gasteiger partial charge in [-0.3, -0.25) is 5.41 Å². The first-order valence-electron chi connectivity index (χ1n) is 4.76. The van der Waals surface area contributed by atoms with E-state index < -0.39 is 5.96 Å². The first-order chi connectivity index (χ1) is 7.99. The van der Waals surface area contributed by atoms with Gasteiger partial charge in [0.05, 0.1) is 5.52 Å². The molecule has 0 fully saturated rings. The third-order valence-electron chi connectivity index (χ3n) is 2.33. The maximum atomic E-state index is 9.70. The SMILES string of the molecule is Cn1cc(O)c2cc(N=NC(=N)N)c(O)cc21. The van der Waals surface area contributed by atoms with Crippen molar-refractivity contribution in [1.29, 1.82) is 5.41 Å². The van der Waals surface area contributed by atoms with Crippen LogP contribution < -0.4 is 5.73 Å². The summed E-state index contributed by atoms with van der Waals surface area (Å²) in [5, 5.41) is 33.7. The van der Waals surface area contributed by atoms with Gasteiger partial charge in [0.25, 0.3) is 0 Å². The van der Waals surface area contributed by atoms with Crippen LogP contribution in [0.1, 0.15) is 0 Å². The highest BCUT2D eigenvalue weighted by atomic mass is 16.3. The molecular weight excluding hydrogens is 222 g/mol. The fourth-order valence-electron chi connectivity index (χ4n) is 1.57. The van der Waals surface area contributed by atoms with E-state index in [1.165, 1.54) is 18.3 Å². The summed E-state index contributed by atoms with van der Waals surface area (Å²) in [6.07, 6.45) is 1.52. The Hall–Kier alpha value is -2.57. The van der Waals surface area contributed by atoms with Crippen LogP contribution in [0.15, 0.2) is 28.6 Å². The molecule has 7 heteroatoms. The highest BCUT2D eigenvalue weighted by Gasteiger charge is 2.10. The molecule has 2 rings (SSSR count). The zero-order valence-electron chi connectivity index (χ0n) is 9.05. The van der Waals surface area contributed by atoms with E-state index in [0.29, 0.717) is 10.9 Å². The zero-order valence-corrected chi connectivity index (χ0v) is 9.05. The summed E-state index contributed by atoms with van der Waals surface area (Å²) in [5.41, 5.74) is 5.84. The smallest absolute Gasteiger partial charge is 0.232 e. The second-order valence-electron chi connectivity index (χ2n) is 3.57. The maximum Gasteiger partial charge on any atom is 0.232 e. The Labute approximate surface area is 96.3 Å². The molecule has 1 heterocycles. The third kappa shape index (κ3) is 1.89. The summed E-state index contributed by atoms with van der Waals surface area (Å²) in [5.74, 6) is -0.466. The molecule has 0 aliphatic carbocycles. The lowest BCUT2D eigenvalue weighted by atomic mass is 10.2. The summed E-state index contributed by atoms with van der Waals surface area (Å²) in [4.78, 5) is 0. The van der Waals surface area contributed by atoms with Crippen LogP contribution in [0.2, 0.25) is 0 Å². The standard InChI is InChI=1S/C10H11N5O2/c1-15-4-9(17)5-2-6(13-14-10(11)12)8(16)3-7(5)15/h2-4,16-17H,1H3,(H3,11,12). The minimum Gasteiger partial charge on any atom is -0.506 e. The Balaban J connectivity index is 2.62. The second-order valence-corrected chi connectivity index (χ2v) is 3.57. The third-order valence-corrected chi connectivity index (χ3v) is 2.33. The van der Waals surface area contributed by atoms with Gasteiger partial charge in [0, 0.05) is 24.7 Å². The van der Waals surface area contributed by atoms with Crippen LogP contribution in [0.25, 0.3) is 10.9 Å². The van der Waals surface area contributed by atoms with Gasteiger partial charge >= 0.3 is 0 Å². The van der Waals surface area contributed by atoms with Gasteiger partial charge < -0.3 is 20.5 Å². The van der Waals surface area contributed by atoms with Crippen LogP contribution in [0, 0.1) is 5.41 Å². The predicted molar refractivity (Wildman–Crippen MR) is 62.7 cm³/mol. The van der Waals surface area contributed by atoms with Crippen LogP contribution in [-0.4, -0.2) is 20.7 Å². The minimum atomic E-state index is -0.457. The van der Waals surface area contributed by atoms with Crippen molar-refractivity contribution in [2.45, 2.75) is 0 Å². The lowest BCUT2D eigenvalue weighted by molar-refractivity contribution is 0.476. The van der Waals surface area contributed by atoms with E-state index in [4.69, 9.17) is 11.1 Å². The van der Waals surface area contributed by atoms with E-state index in [9.17, 15) is 10.2 Å². The van der Waals surface area contributed by atoms with E-state index in [0.717, 1.165) is 0 Å². The molecule has 0 aliphatic rings. The van der Waals surface area contributed by atoms with Crippen molar-refractivity contribution in [2.24, 2.45) is 23.0 Å². The van der Waals surface area contributed by atoms with E-state index in [1.807, 2.05) is 0 Å². The largest absolute Gasteiger partial charge is 0.506 e. The number of guanidine groups is 1. The molecule has 0 amide bonds. The van der Waals surface area contributed by atoms with Crippen LogP contribution in [0.3, 0.4) is 0 Å². The van der Waals surface area contributed by atoms with Gasteiger partial charge in [-0.05, 0) is 6.07 Å². The normalized spacial score (nSPS) is 11.4. The molecule has 2 aromatic rings. The average molecular weight is 233 g/mol. The number of nitrogens with zero attached hydrogens (tertiary/aromatic N) is 3. The van der Waals surface area contributed by atoms with Gasteiger partial charge in [-0.2, -0.15) is 0 Å². The predicted octanol–water partition coefficient (Wildman–Crippen LogP) is 1.57. The first-order valence-corrected chi connectivity index (χ1v) is 4.76. The van der Waals surface area contributed by atoms with Crippen LogP contribution >= 0.6 is 0 Å². The van der Waals surface area contributed by atoms with Gasteiger partial charge in [0.1, 0.15) is 17.2 Å². The van der Waals surface area contributed by atoms with Gasteiger partial charge in [-0.1, -0.05) is 0 Å². The molecule has 17 heavy (non-hydrogen) atoms. The van der Waals surface area contributed by atoms with Crippen molar-refractivity contribution in [3.05, 3.63) is 18.3 Å². The number of aryl methyl sites for hydroxylation is 1. The number of aromatic hydroxyl groups is 2. The van der Waals surface area contributed by atoms with Gasteiger partial charge in [-0.15, -0.1) is 10.2 Å². The molecule has 0 radical (unpaired) electrons. The summed E-state index contributed by atoms with van der Waals surface area (Å²) >= 11 is 0. The number of aromatic nitrogens is 1. The summed E-state index contributed by atoms with van der Waals surface area (Å²) in [6.45, 7) is 0. The molecule has 0 atom stereocenters. The second kappa shape index (κ2) is 3.78. The summed E-state index contributed by atoms with van der Waals surface area (Å²) in [6, 6.07) is 2.94. The molecule has 0 spiro atoms. The summed E-state index contributed by atoms with van der Waals surface area (Å²) < 4.78 is 1.68. The van der Waals surface area contributed by atoms with Crippen LogP contribution in [-0.2, 0) is 7.05 Å². The molecule has 1 aromatic carbocycles. The monoisotopic (exact) mass is 233 g/mol. The number of phenolic OH excluding ortho intramolecular Hbond substituents is 1. The molecule has 5 N–H and O–H groups in total. The van der Waals surface area contributed by atoms with E-state index in [-0.39, 0.29) is 17.2 Å². The molecular formula is C10H11N5O2. The molecule has 0 unspecified atom stereocenters. The number of azo groups is 1. The Morgan fingerprint density at radius 3 is 2.71 bits per heavy atom. The molecule has 0 saturated heterocycles. The topological polar surface area (TPSA) is 120 Å². The number of nitrogens with two attached hydrogens (primary N) is 1. The quantitative estimate of drug-likeness (QED) is 0.340. The van der Waals surface area contributed by atoms with Crippen LogP contribution in [0.5, 0.6) is 11.5 Å².